The van der Waals surface area contributed by atoms with Gasteiger partial charge in [0.25, 0.3) is 5.91 Å². The number of benzene rings is 1. The Morgan fingerprint density at radius 1 is 1.26 bits per heavy atom. The maximum absolute atomic E-state index is 14.1. The van der Waals surface area contributed by atoms with Crippen molar-refractivity contribution < 1.29 is 14.4 Å². The number of nitrogens with zero attached hydrogens (tertiary/aromatic N) is 1. The van der Waals surface area contributed by atoms with Crippen molar-refractivity contribution >= 4 is 5.91 Å². The molecule has 1 saturated carbocycles. The molecule has 0 saturated heterocycles. The number of hydroxylamine groups is 1. The average Bonchev–Trinajstić information content (AvgIpc) is 2.63. The highest BCUT2D eigenvalue weighted by Gasteiger charge is 2.27. The van der Waals surface area contributed by atoms with Gasteiger partial charge in [0.2, 0.25) is 0 Å². The third-order valence-corrected chi connectivity index (χ3v) is 4.77. The normalized spacial score (nSPS) is 18.6. The molecule has 1 aliphatic heterocycles. The standard InChI is InChI=1S/C16H21FN2O2.C2H6/c17-15-9-11(16(20)18-21)8-12-10-19(7-6-14(12)15)13-4-2-1-3-5-13;1-2/h8-9,13,21H,1-7,10H2,(H,18,20);1-2H3. The van der Waals surface area contributed by atoms with Gasteiger partial charge in [-0.25, -0.2) is 9.87 Å². The number of hydrogen-bond acceptors (Lipinski definition) is 3. The van der Waals surface area contributed by atoms with E-state index < -0.39 is 5.91 Å². The predicted molar refractivity (Wildman–Crippen MR) is 88.0 cm³/mol. The zero-order valence-electron chi connectivity index (χ0n) is 14.1. The van der Waals surface area contributed by atoms with Gasteiger partial charge in [0, 0.05) is 24.7 Å². The van der Waals surface area contributed by atoms with E-state index in [1.54, 1.807) is 11.5 Å². The van der Waals surface area contributed by atoms with Gasteiger partial charge >= 0.3 is 0 Å². The van der Waals surface area contributed by atoms with Crippen molar-refractivity contribution in [2.75, 3.05) is 6.54 Å². The summed E-state index contributed by atoms with van der Waals surface area (Å²) in [6.45, 7) is 5.59. The molecule has 1 aromatic carbocycles. The summed E-state index contributed by atoms with van der Waals surface area (Å²) in [6, 6.07) is 3.50. The van der Waals surface area contributed by atoms with Crippen LogP contribution in [0.3, 0.4) is 0 Å². The lowest BCUT2D eigenvalue weighted by Crippen LogP contribution is -2.40. The maximum Gasteiger partial charge on any atom is 0.274 e. The van der Waals surface area contributed by atoms with E-state index in [1.807, 2.05) is 13.8 Å². The average molecular weight is 322 g/mol. The Morgan fingerprint density at radius 2 is 1.96 bits per heavy atom. The molecule has 0 unspecified atom stereocenters. The quantitative estimate of drug-likeness (QED) is 0.645. The molecule has 0 aromatic heterocycles. The van der Waals surface area contributed by atoms with E-state index in [2.05, 4.69) is 4.90 Å². The van der Waals surface area contributed by atoms with E-state index in [4.69, 9.17) is 5.21 Å². The number of hydrogen-bond donors (Lipinski definition) is 2. The highest BCUT2D eigenvalue weighted by atomic mass is 19.1. The summed E-state index contributed by atoms with van der Waals surface area (Å²) >= 11 is 0. The second-order valence-corrected chi connectivity index (χ2v) is 6.05. The molecule has 3 rings (SSSR count). The zero-order chi connectivity index (χ0) is 16.8. The highest BCUT2D eigenvalue weighted by molar-refractivity contribution is 5.93. The molecule has 1 heterocycles. The predicted octanol–water partition coefficient (Wildman–Crippen LogP) is 3.66. The Labute approximate surface area is 137 Å². The van der Waals surface area contributed by atoms with Crippen molar-refractivity contribution in [3.63, 3.8) is 0 Å². The van der Waals surface area contributed by atoms with Gasteiger partial charge in [-0.15, -0.1) is 0 Å². The topological polar surface area (TPSA) is 52.6 Å². The summed E-state index contributed by atoms with van der Waals surface area (Å²) in [7, 11) is 0. The minimum atomic E-state index is -0.661. The first-order valence-electron chi connectivity index (χ1n) is 8.69. The van der Waals surface area contributed by atoms with Gasteiger partial charge in [-0.2, -0.15) is 0 Å². The molecule has 2 N–H and O–H groups in total. The first-order chi connectivity index (χ1) is 11.2. The summed E-state index contributed by atoms with van der Waals surface area (Å²) in [4.78, 5) is 13.9. The second kappa shape index (κ2) is 8.41. The number of rotatable bonds is 2. The molecule has 0 atom stereocenters. The van der Waals surface area contributed by atoms with Crippen LogP contribution in [0.5, 0.6) is 0 Å². The lowest BCUT2D eigenvalue weighted by molar-refractivity contribution is 0.0705. The van der Waals surface area contributed by atoms with E-state index in [9.17, 15) is 9.18 Å². The Kier molecular flexibility index (Phi) is 6.54. The molecule has 128 valence electrons. The Morgan fingerprint density at radius 3 is 2.61 bits per heavy atom. The van der Waals surface area contributed by atoms with E-state index in [0.717, 1.165) is 17.7 Å². The van der Waals surface area contributed by atoms with Gasteiger partial charge in [0.05, 0.1) is 0 Å². The number of nitrogens with one attached hydrogen (secondary N) is 1. The minimum Gasteiger partial charge on any atom is -0.296 e. The van der Waals surface area contributed by atoms with E-state index >= 15 is 0 Å². The van der Waals surface area contributed by atoms with Gasteiger partial charge in [0.15, 0.2) is 0 Å². The molecule has 1 fully saturated rings. The summed E-state index contributed by atoms with van der Waals surface area (Å²) in [5.74, 6) is -0.999. The summed E-state index contributed by atoms with van der Waals surface area (Å²) in [5, 5.41) is 8.71. The number of carbonyl (C=O) groups is 1. The lowest BCUT2D eigenvalue weighted by Gasteiger charge is -2.37. The maximum atomic E-state index is 14.1. The van der Waals surface area contributed by atoms with Gasteiger partial charge in [0.1, 0.15) is 5.82 Å². The van der Waals surface area contributed by atoms with E-state index in [-0.39, 0.29) is 11.4 Å². The van der Waals surface area contributed by atoms with Crippen LogP contribution in [-0.2, 0) is 13.0 Å². The Bertz CT molecular complexity index is 542. The van der Waals surface area contributed by atoms with Crippen LogP contribution >= 0.6 is 0 Å². The molecule has 1 aromatic rings. The molecule has 0 radical (unpaired) electrons. The van der Waals surface area contributed by atoms with E-state index in [0.29, 0.717) is 19.0 Å². The third-order valence-electron chi connectivity index (χ3n) is 4.77. The summed E-state index contributed by atoms with van der Waals surface area (Å²) in [5.41, 5.74) is 3.35. The first-order valence-corrected chi connectivity index (χ1v) is 8.69. The van der Waals surface area contributed by atoms with Crippen LogP contribution in [0.4, 0.5) is 4.39 Å². The van der Waals surface area contributed by atoms with Gasteiger partial charge in [-0.05, 0) is 42.5 Å². The molecular weight excluding hydrogens is 295 g/mol. The van der Waals surface area contributed by atoms with Crippen LogP contribution in [0, 0.1) is 5.82 Å². The Hall–Kier alpha value is -1.46. The van der Waals surface area contributed by atoms with Crippen molar-refractivity contribution in [3.8, 4) is 0 Å². The molecule has 0 bridgehead atoms. The van der Waals surface area contributed by atoms with Crippen LogP contribution < -0.4 is 5.48 Å². The van der Waals surface area contributed by atoms with Crippen molar-refractivity contribution in [1.29, 1.82) is 0 Å². The van der Waals surface area contributed by atoms with Gasteiger partial charge in [-0.3, -0.25) is 14.9 Å². The molecule has 23 heavy (non-hydrogen) atoms. The molecule has 0 spiro atoms. The van der Waals surface area contributed by atoms with Crippen LogP contribution in [0.15, 0.2) is 12.1 Å². The molecular formula is C18H27FN2O2. The monoisotopic (exact) mass is 322 g/mol. The van der Waals surface area contributed by atoms with Gasteiger partial charge < -0.3 is 0 Å². The number of carbonyl (C=O) groups excluding carboxylic acids is 1. The van der Waals surface area contributed by atoms with Crippen molar-refractivity contribution in [2.24, 2.45) is 0 Å². The van der Waals surface area contributed by atoms with Crippen molar-refractivity contribution in [2.45, 2.75) is 65.0 Å². The SMILES string of the molecule is CC.O=C(NO)c1cc(F)c2c(c1)CN(C1CCCCC1)CC2. The number of halogens is 1. The smallest absolute Gasteiger partial charge is 0.274 e. The summed E-state index contributed by atoms with van der Waals surface area (Å²) < 4.78 is 14.1. The summed E-state index contributed by atoms with van der Waals surface area (Å²) in [6.07, 6.45) is 6.99. The van der Waals surface area contributed by atoms with Crippen LogP contribution in [-0.4, -0.2) is 28.6 Å². The minimum absolute atomic E-state index is 0.180. The Balaban J connectivity index is 0.000000924. The molecule has 1 aliphatic carbocycles. The number of fused-ring (bicyclic) bond motifs is 1. The molecule has 4 nitrogen and oxygen atoms in total. The fraction of sp³-hybridized carbons (Fsp3) is 0.611. The van der Waals surface area contributed by atoms with Crippen LogP contribution in [0.25, 0.3) is 0 Å². The van der Waals surface area contributed by atoms with Crippen molar-refractivity contribution in [3.05, 3.63) is 34.6 Å². The number of amides is 1. The van der Waals surface area contributed by atoms with Gasteiger partial charge in [-0.1, -0.05) is 33.1 Å². The van der Waals surface area contributed by atoms with E-state index in [1.165, 1.54) is 38.2 Å². The second-order valence-electron chi connectivity index (χ2n) is 6.05. The molecule has 1 amide bonds. The highest BCUT2D eigenvalue weighted by Crippen LogP contribution is 2.29. The van der Waals surface area contributed by atoms with Crippen molar-refractivity contribution in [1.82, 2.24) is 10.4 Å². The molecule has 2 aliphatic rings. The molecule has 5 heteroatoms. The zero-order valence-corrected chi connectivity index (χ0v) is 14.1. The lowest BCUT2D eigenvalue weighted by atomic mass is 9.90. The van der Waals surface area contributed by atoms with Crippen LogP contribution in [0.1, 0.15) is 67.4 Å². The third kappa shape index (κ3) is 4.09. The fourth-order valence-electron chi connectivity index (χ4n) is 3.62. The first kappa shape index (κ1) is 17.9. The largest absolute Gasteiger partial charge is 0.296 e. The fourth-order valence-corrected chi connectivity index (χ4v) is 3.62. The van der Waals surface area contributed by atoms with Crippen LogP contribution in [0.2, 0.25) is 0 Å².